The first kappa shape index (κ1) is 25.6. The van der Waals surface area contributed by atoms with Crippen LogP contribution in [0.15, 0.2) is 41.6 Å². The highest BCUT2D eigenvalue weighted by Crippen LogP contribution is 2.34. The number of hydrogen-bond donors (Lipinski definition) is 2. The summed E-state index contributed by atoms with van der Waals surface area (Å²) in [5, 5.41) is 15.9. The molecule has 3 aromatic rings. The molecule has 12 heteroatoms. The molecule has 1 atom stereocenters. The molecule has 0 saturated carbocycles. The van der Waals surface area contributed by atoms with Gasteiger partial charge in [0.15, 0.2) is 11.0 Å². The van der Waals surface area contributed by atoms with Crippen LogP contribution in [0.1, 0.15) is 36.1 Å². The van der Waals surface area contributed by atoms with Crippen molar-refractivity contribution in [2.24, 2.45) is 0 Å². The van der Waals surface area contributed by atoms with Crippen LogP contribution in [0.4, 0.5) is 5.69 Å². The van der Waals surface area contributed by atoms with Crippen LogP contribution in [0.25, 0.3) is 0 Å². The van der Waals surface area contributed by atoms with Gasteiger partial charge in [0.25, 0.3) is 5.91 Å². The average molecular weight is 547 g/mol. The van der Waals surface area contributed by atoms with Crippen molar-refractivity contribution in [1.82, 2.24) is 20.1 Å². The van der Waals surface area contributed by atoms with Crippen LogP contribution in [0.2, 0.25) is 20.1 Å². The minimum atomic E-state index is -0.407. The third kappa shape index (κ3) is 6.55. The van der Waals surface area contributed by atoms with Gasteiger partial charge in [0.05, 0.1) is 27.5 Å². The molecule has 0 spiro atoms. The number of halogens is 4. The largest absolute Gasteiger partial charge is 0.342 e. The Balaban J connectivity index is 1.64. The third-order valence-electron chi connectivity index (χ3n) is 4.51. The minimum absolute atomic E-state index is 0.0545. The van der Waals surface area contributed by atoms with Gasteiger partial charge in [-0.15, -0.1) is 10.2 Å². The van der Waals surface area contributed by atoms with Gasteiger partial charge >= 0.3 is 0 Å². The van der Waals surface area contributed by atoms with Crippen molar-refractivity contribution in [2.45, 2.75) is 31.6 Å². The highest BCUT2D eigenvalue weighted by atomic mass is 35.5. The van der Waals surface area contributed by atoms with Gasteiger partial charge in [-0.2, -0.15) is 0 Å². The van der Waals surface area contributed by atoms with Gasteiger partial charge in [-0.1, -0.05) is 58.2 Å². The molecule has 0 aliphatic carbocycles. The zero-order valence-electron chi connectivity index (χ0n) is 17.5. The predicted octanol–water partition coefficient (Wildman–Crippen LogP) is 6.13. The van der Waals surface area contributed by atoms with Gasteiger partial charge in [0.1, 0.15) is 0 Å². The van der Waals surface area contributed by atoms with Crippen LogP contribution in [0.5, 0.6) is 0 Å². The molecule has 33 heavy (non-hydrogen) atoms. The molecule has 0 aliphatic rings. The summed E-state index contributed by atoms with van der Waals surface area (Å²) in [5.41, 5.74) is 0.782. The number of benzene rings is 2. The zero-order chi connectivity index (χ0) is 24.1. The normalized spacial score (nSPS) is 11.8. The van der Waals surface area contributed by atoms with Gasteiger partial charge in [-0.25, -0.2) is 0 Å². The minimum Gasteiger partial charge on any atom is -0.342 e. The zero-order valence-corrected chi connectivity index (χ0v) is 21.4. The molecule has 1 aromatic heterocycles. The fraction of sp³-hybridized carbons (Fsp3) is 0.238. The standard InChI is InChI=1S/C21H19Cl4N5O2S/c1-3-30-19(11(2)26-20(32)12-4-6-13(22)7-5-12)28-29-21(30)33-10-17(31)27-18-15(24)8-14(23)9-16(18)25/h4-9,11H,3,10H2,1-2H3,(H,26,32)(H,27,31)/t11-/m0/s1. The molecule has 7 nitrogen and oxygen atoms in total. The number of carbonyl (C=O) groups excluding carboxylic acids is 2. The van der Waals surface area contributed by atoms with Crippen LogP contribution < -0.4 is 10.6 Å². The summed E-state index contributed by atoms with van der Waals surface area (Å²) < 4.78 is 1.84. The molecular formula is C21H19Cl4N5O2S. The Hall–Kier alpha value is -1.97. The van der Waals surface area contributed by atoms with Gasteiger partial charge in [0.2, 0.25) is 5.91 Å². The Kier molecular flexibility index (Phi) is 8.89. The Bertz CT molecular complexity index is 1150. The Morgan fingerprint density at radius 3 is 2.27 bits per heavy atom. The third-order valence-corrected chi connectivity index (χ3v) is 6.54. The molecule has 0 radical (unpaired) electrons. The lowest BCUT2D eigenvalue weighted by Gasteiger charge is -2.15. The van der Waals surface area contributed by atoms with Crippen molar-refractivity contribution in [3.63, 3.8) is 0 Å². The molecule has 0 bridgehead atoms. The predicted molar refractivity (Wildman–Crippen MR) is 134 cm³/mol. The molecule has 1 heterocycles. The van der Waals surface area contributed by atoms with Crippen molar-refractivity contribution in [3.05, 3.63) is 67.9 Å². The smallest absolute Gasteiger partial charge is 0.251 e. The first-order valence-electron chi connectivity index (χ1n) is 9.76. The second-order valence-corrected chi connectivity index (χ2v) is 9.50. The Morgan fingerprint density at radius 1 is 1.03 bits per heavy atom. The number of rotatable bonds is 8. The van der Waals surface area contributed by atoms with Crippen molar-refractivity contribution in [3.8, 4) is 0 Å². The van der Waals surface area contributed by atoms with E-state index in [4.69, 9.17) is 46.4 Å². The second kappa shape index (κ2) is 11.4. The molecular weight excluding hydrogens is 528 g/mol. The topological polar surface area (TPSA) is 88.9 Å². The van der Waals surface area contributed by atoms with E-state index in [9.17, 15) is 9.59 Å². The lowest BCUT2D eigenvalue weighted by atomic mass is 10.2. The molecule has 174 valence electrons. The van der Waals surface area contributed by atoms with Crippen LogP contribution in [-0.4, -0.2) is 32.3 Å². The van der Waals surface area contributed by atoms with Gasteiger partial charge in [-0.05, 0) is 50.2 Å². The van der Waals surface area contributed by atoms with Crippen molar-refractivity contribution in [1.29, 1.82) is 0 Å². The van der Waals surface area contributed by atoms with E-state index in [2.05, 4.69) is 20.8 Å². The maximum atomic E-state index is 12.5. The van der Waals surface area contributed by atoms with Gasteiger partial charge in [0, 0.05) is 22.2 Å². The highest BCUT2D eigenvalue weighted by molar-refractivity contribution is 7.99. The van der Waals surface area contributed by atoms with E-state index in [-0.39, 0.29) is 27.6 Å². The molecule has 2 aromatic carbocycles. The van der Waals surface area contributed by atoms with Crippen LogP contribution in [0.3, 0.4) is 0 Å². The number of nitrogens with zero attached hydrogens (tertiary/aromatic N) is 3. The SMILES string of the molecule is CCn1c(SCC(=O)Nc2c(Cl)cc(Cl)cc2Cl)nnc1[C@H](C)NC(=O)c1ccc(Cl)cc1. The summed E-state index contributed by atoms with van der Waals surface area (Å²) in [5.74, 6) is 0.0582. The summed E-state index contributed by atoms with van der Waals surface area (Å²) in [6.45, 7) is 4.30. The van der Waals surface area contributed by atoms with Crippen LogP contribution in [-0.2, 0) is 11.3 Å². The second-order valence-electron chi connectivity index (χ2n) is 6.87. The number of aromatic nitrogens is 3. The van der Waals surface area contributed by atoms with E-state index >= 15 is 0 Å². The molecule has 2 N–H and O–H groups in total. The number of hydrogen-bond acceptors (Lipinski definition) is 5. The van der Waals surface area contributed by atoms with Crippen LogP contribution >= 0.6 is 58.2 Å². The van der Waals surface area contributed by atoms with Gasteiger partial charge < -0.3 is 15.2 Å². The molecule has 0 fully saturated rings. The molecule has 0 saturated heterocycles. The summed E-state index contributed by atoms with van der Waals surface area (Å²) in [6.07, 6.45) is 0. The molecule has 3 rings (SSSR count). The summed E-state index contributed by atoms with van der Waals surface area (Å²) in [7, 11) is 0. The van der Waals surface area contributed by atoms with E-state index in [0.29, 0.717) is 38.8 Å². The van der Waals surface area contributed by atoms with Crippen molar-refractivity contribution < 1.29 is 9.59 Å². The molecule has 2 amide bonds. The quantitative estimate of drug-likeness (QED) is 0.331. The van der Waals surface area contributed by atoms with E-state index in [0.717, 1.165) is 0 Å². The van der Waals surface area contributed by atoms with Gasteiger partial charge in [-0.3, -0.25) is 9.59 Å². The maximum absolute atomic E-state index is 12.5. The molecule has 0 unspecified atom stereocenters. The lowest BCUT2D eigenvalue weighted by molar-refractivity contribution is -0.113. The average Bonchev–Trinajstić information content (AvgIpc) is 3.18. The number of thioether (sulfide) groups is 1. The maximum Gasteiger partial charge on any atom is 0.251 e. The van der Waals surface area contributed by atoms with Crippen molar-refractivity contribution in [2.75, 3.05) is 11.1 Å². The van der Waals surface area contributed by atoms with E-state index in [1.807, 2.05) is 18.4 Å². The van der Waals surface area contributed by atoms with Crippen LogP contribution in [0, 0.1) is 0 Å². The molecule has 0 aliphatic heterocycles. The number of anilines is 1. The number of amides is 2. The number of nitrogens with one attached hydrogen (secondary N) is 2. The monoisotopic (exact) mass is 545 g/mol. The Labute approximate surface area is 215 Å². The fourth-order valence-electron chi connectivity index (χ4n) is 2.94. The first-order chi connectivity index (χ1) is 15.7. The van der Waals surface area contributed by atoms with Crippen molar-refractivity contribution >= 4 is 75.7 Å². The summed E-state index contributed by atoms with van der Waals surface area (Å²) in [6, 6.07) is 9.19. The highest BCUT2D eigenvalue weighted by Gasteiger charge is 2.20. The Morgan fingerprint density at radius 2 is 1.67 bits per heavy atom. The van der Waals surface area contributed by atoms with E-state index < -0.39 is 6.04 Å². The van der Waals surface area contributed by atoms with E-state index in [1.54, 1.807) is 24.3 Å². The summed E-state index contributed by atoms with van der Waals surface area (Å²) in [4.78, 5) is 24.9. The summed E-state index contributed by atoms with van der Waals surface area (Å²) >= 11 is 25.2. The first-order valence-corrected chi connectivity index (χ1v) is 12.3. The lowest BCUT2D eigenvalue weighted by Crippen LogP contribution is -2.28. The fourth-order valence-corrected chi connectivity index (χ4v) is 4.78. The number of carbonyl (C=O) groups is 2. The van der Waals surface area contributed by atoms with E-state index in [1.165, 1.54) is 23.9 Å².